The molecule has 0 aliphatic rings. The van der Waals surface area contributed by atoms with Crippen LogP contribution in [0.4, 0.5) is 0 Å². The van der Waals surface area contributed by atoms with E-state index in [2.05, 4.69) is 24.0 Å². The van der Waals surface area contributed by atoms with E-state index in [9.17, 15) is 4.79 Å². The van der Waals surface area contributed by atoms with Gasteiger partial charge >= 0.3 is 5.97 Å². The molecule has 20 heavy (non-hydrogen) atoms. The molecule has 0 saturated heterocycles. The highest BCUT2D eigenvalue weighted by atomic mass is 16.5. The largest absolute Gasteiger partial charge is 0.480 e. The van der Waals surface area contributed by atoms with Gasteiger partial charge in [-0.05, 0) is 25.7 Å². The van der Waals surface area contributed by atoms with Gasteiger partial charge in [0.1, 0.15) is 0 Å². The number of aromatic nitrogens is 2. The molecule has 0 fully saturated rings. The van der Waals surface area contributed by atoms with E-state index in [1.807, 2.05) is 18.7 Å². The first-order chi connectivity index (χ1) is 9.42. The fraction of sp³-hybridized carbons (Fsp3) is 0.786. The summed E-state index contributed by atoms with van der Waals surface area (Å²) in [6.07, 6.45) is 2.69. The Labute approximate surface area is 120 Å². The molecule has 0 unspecified atom stereocenters. The molecule has 1 atom stereocenters. The third kappa shape index (κ3) is 5.69. The molecule has 6 heteroatoms. The molecule has 0 spiro atoms. The summed E-state index contributed by atoms with van der Waals surface area (Å²) in [6.45, 7) is 8.70. The lowest BCUT2D eigenvalue weighted by molar-refractivity contribution is -0.139. The maximum atomic E-state index is 10.9. The van der Waals surface area contributed by atoms with Crippen LogP contribution in [-0.2, 0) is 17.8 Å². The molecule has 1 N–H and O–H groups in total. The normalized spacial score (nSPS) is 13.1. The predicted molar refractivity (Wildman–Crippen MR) is 75.3 cm³/mol. The third-order valence-electron chi connectivity index (χ3n) is 3.35. The van der Waals surface area contributed by atoms with Gasteiger partial charge in [0.05, 0.1) is 13.1 Å². The maximum Gasteiger partial charge on any atom is 0.317 e. The number of carboxylic acids is 1. The maximum absolute atomic E-state index is 10.9. The van der Waals surface area contributed by atoms with E-state index < -0.39 is 5.97 Å². The minimum absolute atomic E-state index is 0.0152. The summed E-state index contributed by atoms with van der Waals surface area (Å²) in [6, 6.07) is 0.164. The second-order valence-corrected chi connectivity index (χ2v) is 5.59. The Balaban J connectivity index is 2.61. The Morgan fingerprint density at radius 3 is 2.65 bits per heavy atom. The molecule has 1 aromatic heterocycles. The first kappa shape index (κ1) is 16.6. The van der Waals surface area contributed by atoms with E-state index in [0.717, 1.165) is 19.3 Å². The molecule has 0 saturated carbocycles. The fourth-order valence-electron chi connectivity index (χ4n) is 1.85. The average Bonchev–Trinajstić information content (AvgIpc) is 2.81. The minimum Gasteiger partial charge on any atom is -0.480 e. The second kappa shape index (κ2) is 7.99. The van der Waals surface area contributed by atoms with E-state index in [4.69, 9.17) is 9.63 Å². The summed E-state index contributed by atoms with van der Waals surface area (Å²) in [7, 11) is 0. The van der Waals surface area contributed by atoms with Crippen molar-refractivity contribution in [2.75, 3.05) is 6.54 Å². The summed E-state index contributed by atoms with van der Waals surface area (Å²) >= 11 is 0. The Bertz CT molecular complexity index is 418. The van der Waals surface area contributed by atoms with Gasteiger partial charge in [0.25, 0.3) is 0 Å². The van der Waals surface area contributed by atoms with E-state index >= 15 is 0 Å². The standard InChI is InChI=1S/C14H25N3O3/c1-5-11(4)17(9-14(18)19)8-13-15-12(16-20-13)7-6-10(2)3/h10-11H,5-9H2,1-4H3,(H,18,19)/t11-/m1/s1. The van der Waals surface area contributed by atoms with Gasteiger partial charge in [0, 0.05) is 12.5 Å². The van der Waals surface area contributed by atoms with Crippen LogP contribution in [0, 0.1) is 5.92 Å². The second-order valence-electron chi connectivity index (χ2n) is 5.59. The van der Waals surface area contributed by atoms with E-state index in [-0.39, 0.29) is 12.6 Å². The number of nitrogens with zero attached hydrogens (tertiary/aromatic N) is 3. The predicted octanol–water partition coefficient (Wildman–Crippen LogP) is 2.34. The van der Waals surface area contributed by atoms with Gasteiger partial charge < -0.3 is 9.63 Å². The smallest absolute Gasteiger partial charge is 0.317 e. The number of carbonyl (C=O) groups is 1. The number of rotatable bonds is 9. The molecule has 0 aliphatic carbocycles. The van der Waals surface area contributed by atoms with E-state index in [1.54, 1.807) is 0 Å². The number of carboxylic acid groups (broad SMARTS) is 1. The highest BCUT2D eigenvalue weighted by Crippen LogP contribution is 2.11. The molecule has 1 rings (SSSR count). The van der Waals surface area contributed by atoms with Gasteiger partial charge in [-0.2, -0.15) is 4.98 Å². The van der Waals surface area contributed by atoms with Gasteiger partial charge in [-0.25, -0.2) is 0 Å². The van der Waals surface area contributed by atoms with Crippen molar-refractivity contribution in [1.29, 1.82) is 0 Å². The van der Waals surface area contributed by atoms with Crippen molar-refractivity contribution in [1.82, 2.24) is 15.0 Å². The van der Waals surface area contributed by atoms with Crippen LogP contribution in [0.5, 0.6) is 0 Å². The number of hydrogen-bond donors (Lipinski definition) is 1. The highest BCUT2D eigenvalue weighted by molar-refractivity contribution is 5.69. The van der Waals surface area contributed by atoms with Crippen molar-refractivity contribution in [3.8, 4) is 0 Å². The molecule has 114 valence electrons. The first-order valence-electron chi connectivity index (χ1n) is 7.19. The van der Waals surface area contributed by atoms with E-state index in [1.165, 1.54) is 0 Å². The molecule has 1 heterocycles. The van der Waals surface area contributed by atoms with Gasteiger partial charge in [-0.3, -0.25) is 9.69 Å². The minimum atomic E-state index is -0.843. The quantitative estimate of drug-likeness (QED) is 0.749. The van der Waals surface area contributed by atoms with Crippen LogP contribution >= 0.6 is 0 Å². The Morgan fingerprint density at radius 2 is 2.10 bits per heavy atom. The van der Waals surface area contributed by atoms with Crippen LogP contribution in [0.15, 0.2) is 4.52 Å². The molecule has 0 amide bonds. The van der Waals surface area contributed by atoms with E-state index in [0.29, 0.717) is 24.2 Å². The summed E-state index contributed by atoms with van der Waals surface area (Å²) in [5, 5.41) is 12.9. The Kier molecular flexibility index (Phi) is 6.64. The zero-order valence-electron chi connectivity index (χ0n) is 12.8. The lowest BCUT2D eigenvalue weighted by Gasteiger charge is -2.24. The summed E-state index contributed by atoms with van der Waals surface area (Å²) in [5.41, 5.74) is 0. The van der Waals surface area contributed by atoms with Crippen LogP contribution in [0.1, 0.15) is 52.3 Å². The summed E-state index contributed by atoms with van der Waals surface area (Å²) < 4.78 is 5.21. The number of hydrogen-bond acceptors (Lipinski definition) is 5. The SMILES string of the molecule is CC[C@@H](C)N(CC(=O)O)Cc1nc(CCC(C)C)no1. The topological polar surface area (TPSA) is 79.5 Å². The zero-order valence-corrected chi connectivity index (χ0v) is 12.8. The molecular weight excluding hydrogens is 258 g/mol. The first-order valence-corrected chi connectivity index (χ1v) is 7.19. The van der Waals surface area contributed by atoms with Crippen LogP contribution in [0.2, 0.25) is 0 Å². The lowest BCUT2D eigenvalue weighted by Crippen LogP contribution is -2.36. The highest BCUT2D eigenvalue weighted by Gasteiger charge is 2.19. The average molecular weight is 283 g/mol. The molecule has 0 aromatic carbocycles. The van der Waals surface area contributed by atoms with Crippen molar-refractivity contribution in [2.45, 2.75) is 59.5 Å². The van der Waals surface area contributed by atoms with Crippen molar-refractivity contribution in [3.63, 3.8) is 0 Å². The third-order valence-corrected chi connectivity index (χ3v) is 3.35. The molecule has 0 radical (unpaired) electrons. The fourth-order valence-corrected chi connectivity index (χ4v) is 1.85. The molecule has 0 aliphatic heterocycles. The van der Waals surface area contributed by atoms with Gasteiger partial charge in [0.15, 0.2) is 5.82 Å². The van der Waals surface area contributed by atoms with Gasteiger partial charge in [-0.15, -0.1) is 0 Å². The summed E-state index contributed by atoms with van der Waals surface area (Å²) in [4.78, 5) is 17.1. The van der Waals surface area contributed by atoms with Crippen LogP contribution in [0.3, 0.4) is 0 Å². The van der Waals surface area contributed by atoms with Crippen LogP contribution in [-0.4, -0.2) is 38.7 Å². The number of aryl methyl sites for hydroxylation is 1. The number of aliphatic carboxylic acids is 1. The molecule has 1 aromatic rings. The van der Waals surface area contributed by atoms with Crippen molar-refractivity contribution in [2.24, 2.45) is 5.92 Å². The van der Waals surface area contributed by atoms with Crippen molar-refractivity contribution >= 4 is 5.97 Å². The zero-order chi connectivity index (χ0) is 15.1. The molecule has 6 nitrogen and oxygen atoms in total. The van der Waals surface area contributed by atoms with Crippen molar-refractivity contribution in [3.05, 3.63) is 11.7 Å². The van der Waals surface area contributed by atoms with Gasteiger partial charge in [-0.1, -0.05) is 25.9 Å². The summed E-state index contributed by atoms with van der Waals surface area (Å²) in [5.74, 6) is 0.948. The monoisotopic (exact) mass is 283 g/mol. The lowest BCUT2D eigenvalue weighted by atomic mass is 10.1. The van der Waals surface area contributed by atoms with Crippen LogP contribution in [0.25, 0.3) is 0 Å². The molecule has 0 bridgehead atoms. The van der Waals surface area contributed by atoms with Crippen molar-refractivity contribution < 1.29 is 14.4 Å². The molecular formula is C14H25N3O3. The Hall–Kier alpha value is -1.43. The van der Waals surface area contributed by atoms with Gasteiger partial charge in [0.2, 0.25) is 5.89 Å². The van der Waals surface area contributed by atoms with Crippen LogP contribution < -0.4 is 0 Å². The Morgan fingerprint density at radius 1 is 1.40 bits per heavy atom.